The molecule has 0 saturated carbocycles. The van der Waals surface area contributed by atoms with Crippen molar-refractivity contribution in [2.75, 3.05) is 18.1 Å². The number of benzene rings is 3. The Morgan fingerprint density at radius 1 is 0.972 bits per heavy atom. The highest BCUT2D eigenvalue weighted by molar-refractivity contribution is 9.10. The first-order chi connectivity index (χ1) is 17.5. The zero-order chi connectivity index (χ0) is 25.2. The smallest absolute Gasteiger partial charge is 0.338 e. The first-order valence-electron chi connectivity index (χ1n) is 11.7. The molecule has 2 heterocycles. The number of aromatic amines is 1. The average Bonchev–Trinajstić information content (AvgIpc) is 3.44. The van der Waals surface area contributed by atoms with Gasteiger partial charge in [-0.25, -0.2) is 4.79 Å². The maximum atomic E-state index is 13.7. The third kappa shape index (κ3) is 4.28. The van der Waals surface area contributed by atoms with Gasteiger partial charge in [-0.1, -0.05) is 28.1 Å². The number of carbonyl (C=O) groups excluding carboxylic acids is 2. The van der Waals surface area contributed by atoms with E-state index in [0.29, 0.717) is 35.9 Å². The molecule has 7 nitrogen and oxygen atoms in total. The molecule has 8 heteroatoms. The summed E-state index contributed by atoms with van der Waals surface area (Å²) in [6.45, 7) is 4.59. The third-order valence-electron chi connectivity index (χ3n) is 6.05. The van der Waals surface area contributed by atoms with Gasteiger partial charge in [0.25, 0.3) is 5.91 Å². The van der Waals surface area contributed by atoms with Crippen molar-refractivity contribution in [1.29, 1.82) is 0 Å². The number of amides is 1. The fourth-order valence-electron chi connectivity index (χ4n) is 4.44. The normalized spacial score (nSPS) is 14.6. The number of hydrogen-bond donors (Lipinski definition) is 1. The van der Waals surface area contributed by atoms with Crippen molar-refractivity contribution in [2.24, 2.45) is 0 Å². The van der Waals surface area contributed by atoms with Crippen LogP contribution in [0.5, 0.6) is 5.75 Å². The maximum Gasteiger partial charge on any atom is 0.338 e. The molecule has 1 amide bonds. The van der Waals surface area contributed by atoms with Crippen LogP contribution in [0, 0.1) is 0 Å². The summed E-state index contributed by atoms with van der Waals surface area (Å²) in [7, 11) is 0. The number of nitrogens with one attached hydrogen (secondary N) is 1. The Labute approximate surface area is 217 Å². The lowest BCUT2D eigenvalue weighted by Gasteiger charge is -2.26. The molecule has 5 rings (SSSR count). The second kappa shape index (κ2) is 9.99. The van der Waals surface area contributed by atoms with Gasteiger partial charge in [0.2, 0.25) is 0 Å². The monoisotopic (exact) mass is 545 g/mol. The Balaban J connectivity index is 1.60. The molecule has 1 atom stereocenters. The Bertz CT molecular complexity index is 1400. The van der Waals surface area contributed by atoms with Crippen LogP contribution in [0.4, 0.5) is 5.69 Å². The number of ether oxygens (including phenoxy) is 2. The minimum absolute atomic E-state index is 0.188. The fourth-order valence-corrected chi connectivity index (χ4v) is 4.71. The summed E-state index contributed by atoms with van der Waals surface area (Å²) in [6, 6.07) is 22.1. The number of esters is 1. The van der Waals surface area contributed by atoms with Gasteiger partial charge < -0.3 is 9.47 Å². The molecule has 0 radical (unpaired) electrons. The molecule has 0 saturated heterocycles. The number of nitrogens with zero attached hydrogens (tertiary/aromatic N) is 2. The number of carbonyl (C=O) groups is 2. The van der Waals surface area contributed by atoms with E-state index in [-0.39, 0.29) is 5.91 Å². The van der Waals surface area contributed by atoms with Crippen LogP contribution in [0.25, 0.3) is 11.3 Å². The van der Waals surface area contributed by atoms with E-state index in [1.165, 1.54) is 0 Å². The summed E-state index contributed by atoms with van der Waals surface area (Å²) in [5.74, 6) is 0.192. The Morgan fingerprint density at radius 2 is 1.67 bits per heavy atom. The molecule has 0 unspecified atom stereocenters. The predicted octanol–water partition coefficient (Wildman–Crippen LogP) is 6.16. The van der Waals surface area contributed by atoms with Crippen molar-refractivity contribution >= 4 is 33.5 Å². The second-order valence-corrected chi connectivity index (χ2v) is 9.13. The van der Waals surface area contributed by atoms with Crippen LogP contribution in [0.2, 0.25) is 0 Å². The van der Waals surface area contributed by atoms with Crippen molar-refractivity contribution < 1.29 is 19.1 Å². The fraction of sp³-hybridized carbons (Fsp3) is 0.179. The topological polar surface area (TPSA) is 84.5 Å². The van der Waals surface area contributed by atoms with Crippen LogP contribution in [0.1, 0.15) is 51.9 Å². The third-order valence-corrected chi connectivity index (χ3v) is 6.58. The van der Waals surface area contributed by atoms with Crippen molar-refractivity contribution in [3.63, 3.8) is 0 Å². The molecule has 1 N–H and O–H groups in total. The lowest BCUT2D eigenvalue weighted by atomic mass is 9.96. The second-order valence-electron chi connectivity index (χ2n) is 8.21. The summed E-state index contributed by atoms with van der Waals surface area (Å²) in [4.78, 5) is 27.6. The minimum Gasteiger partial charge on any atom is -0.494 e. The summed E-state index contributed by atoms with van der Waals surface area (Å²) >= 11 is 3.50. The molecule has 0 spiro atoms. The van der Waals surface area contributed by atoms with Gasteiger partial charge in [0.15, 0.2) is 0 Å². The molecule has 3 aromatic carbocycles. The van der Waals surface area contributed by atoms with Crippen LogP contribution in [-0.4, -0.2) is 35.3 Å². The molecule has 0 bridgehead atoms. The summed E-state index contributed by atoms with van der Waals surface area (Å²) in [5, 5.41) is 7.51. The van der Waals surface area contributed by atoms with Crippen LogP contribution in [0.3, 0.4) is 0 Å². The number of anilines is 1. The number of rotatable bonds is 7. The molecule has 0 aliphatic carbocycles. The SMILES string of the molecule is CCOC(=O)c1ccc(N2C(=O)c3[nH]nc(-c4ccc(OCC)cc4)c3[C@@H]2c2ccc(Br)cc2)cc1. The Morgan fingerprint density at radius 3 is 2.31 bits per heavy atom. The number of halogens is 1. The van der Waals surface area contributed by atoms with Gasteiger partial charge in [-0.3, -0.25) is 14.8 Å². The van der Waals surface area contributed by atoms with E-state index in [1.807, 2.05) is 55.5 Å². The van der Waals surface area contributed by atoms with E-state index in [0.717, 1.165) is 26.9 Å². The van der Waals surface area contributed by atoms with Gasteiger partial charge in [0.1, 0.15) is 11.4 Å². The maximum absolute atomic E-state index is 13.7. The van der Waals surface area contributed by atoms with E-state index in [9.17, 15) is 9.59 Å². The molecule has 36 heavy (non-hydrogen) atoms. The van der Waals surface area contributed by atoms with E-state index in [1.54, 1.807) is 36.1 Å². The van der Waals surface area contributed by atoms with Crippen molar-refractivity contribution in [3.05, 3.63) is 99.7 Å². The number of hydrogen-bond acceptors (Lipinski definition) is 5. The highest BCUT2D eigenvalue weighted by Gasteiger charge is 2.43. The Hall–Kier alpha value is -3.91. The van der Waals surface area contributed by atoms with Gasteiger partial charge in [0, 0.05) is 21.3 Å². The number of fused-ring (bicyclic) bond motifs is 1. The standard InChI is InChI=1S/C28H24BrN3O4/c1-3-35-22-15-9-17(10-16-22)24-23-25(31-30-24)27(33)32(26(23)18-5-11-20(29)12-6-18)21-13-7-19(8-14-21)28(34)36-4-2/h5-16,26H,3-4H2,1-2H3,(H,30,31)/t26-/m0/s1. The number of H-pyrrole nitrogens is 1. The zero-order valence-corrected chi connectivity index (χ0v) is 21.4. The minimum atomic E-state index is -0.408. The predicted molar refractivity (Wildman–Crippen MR) is 140 cm³/mol. The lowest BCUT2D eigenvalue weighted by molar-refractivity contribution is 0.0526. The number of aromatic nitrogens is 2. The van der Waals surface area contributed by atoms with Crippen LogP contribution in [0.15, 0.2) is 77.3 Å². The highest BCUT2D eigenvalue weighted by Crippen LogP contribution is 2.45. The summed E-state index contributed by atoms with van der Waals surface area (Å²) in [6.07, 6.45) is 0. The van der Waals surface area contributed by atoms with E-state index in [2.05, 4.69) is 26.1 Å². The highest BCUT2D eigenvalue weighted by atomic mass is 79.9. The first-order valence-corrected chi connectivity index (χ1v) is 12.5. The largest absolute Gasteiger partial charge is 0.494 e. The van der Waals surface area contributed by atoms with Gasteiger partial charge in [-0.2, -0.15) is 5.10 Å². The molecule has 1 aromatic heterocycles. The van der Waals surface area contributed by atoms with Crippen LogP contribution >= 0.6 is 15.9 Å². The lowest BCUT2D eigenvalue weighted by Crippen LogP contribution is -2.29. The van der Waals surface area contributed by atoms with Gasteiger partial charge in [-0.05, 0) is 80.1 Å². The van der Waals surface area contributed by atoms with E-state index < -0.39 is 12.0 Å². The Kier molecular flexibility index (Phi) is 6.61. The summed E-state index contributed by atoms with van der Waals surface area (Å²) < 4.78 is 11.6. The molecule has 182 valence electrons. The quantitative estimate of drug-likeness (QED) is 0.281. The molecule has 1 aliphatic heterocycles. The van der Waals surface area contributed by atoms with E-state index in [4.69, 9.17) is 9.47 Å². The molecule has 0 fully saturated rings. The summed E-state index contributed by atoms with van der Waals surface area (Å²) in [5.41, 5.74) is 4.88. The first kappa shape index (κ1) is 23.8. The molecular weight excluding hydrogens is 522 g/mol. The van der Waals surface area contributed by atoms with Crippen LogP contribution < -0.4 is 9.64 Å². The van der Waals surface area contributed by atoms with Crippen molar-refractivity contribution in [2.45, 2.75) is 19.9 Å². The van der Waals surface area contributed by atoms with Gasteiger partial charge in [0.05, 0.1) is 30.5 Å². The van der Waals surface area contributed by atoms with Crippen molar-refractivity contribution in [1.82, 2.24) is 10.2 Å². The van der Waals surface area contributed by atoms with Gasteiger partial charge >= 0.3 is 5.97 Å². The molecular formula is C28H24BrN3O4. The zero-order valence-electron chi connectivity index (χ0n) is 19.8. The average molecular weight is 546 g/mol. The molecule has 1 aliphatic rings. The van der Waals surface area contributed by atoms with Crippen LogP contribution in [-0.2, 0) is 4.74 Å². The van der Waals surface area contributed by atoms with Gasteiger partial charge in [-0.15, -0.1) is 0 Å². The molecule has 4 aromatic rings. The van der Waals surface area contributed by atoms with Crippen molar-refractivity contribution in [3.8, 4) is 17.0 Å². The van der Waals surface area contributed by atoms with E-state index >= 15 is 0 Å².